The number of nitrogens with zero attached hydrogens (tertiary/aromatic N) is 3. The lowest BCUT2D eigenvalue weighted by molar-refractivity contribution is 0.0828. The van der Waals surface area contributed by atoms with E-state index in [1.54, 1.807) is 0 Å². The molecule has 2 fully saturated rings. The van der Waals surface area contributed by atoms with Crippen LogP contribution < -0.4 is 0 Å². The average molecular weight is 183 g/mol. The summed E-state index contributed by atoms with van der Waals surface area (Å²) in [5.41, 5.74) is 8.30. The number of aliphatic hydroxyl groups is 1. The maximum Gasteiger partial charge on any atom is 0.0659 e. The fourth-order valence-electron chi connectivity index (χ4n) is 2.41. The second kappa shape index (κ2) is 3.54. The molecule has 4 atom stereocenters. The minimum absolute atomic E-state index is 0.0681. The Kier molecular flexibility index (Phi) is 2.40. The Hall–Kier alpha value is -0.770. The second-order valence-corrected chi connectivity index (χ2v) is 3.73. The maximum absolute atomic E-state index is 9.03. The van der Waals surface area contributed by atoms with Crippen LogP contribution >= 0.6 is 0 Å². The summed E-state index contributed by atoms with van der Waals surface area (Å²) < 4.78 is 5.62. The van der Waals surface area contributed by atoms with Gasteiger partial charge in [0, 0.05) is 4.91 Å². The number of hydrogen-bond donors (Lipinski definition) is 1. The van der Waals surface area contributed by atoms with Gasteiger partial charge in [-0.3, -0.25) is 0 Å². The molecule has 2 bridgehead atoms. The van der Waals surface area contributed by atoms with Crippen molar-refractivity contribution in [3.05, 3.63) is 10.4 Å². The van der Waals surface area contributed by atoms with Gasteiger partial charge in [0.1, 0.15) is 0 Å². The number of ether oxygens (including phenoxy) is 1. The average Bonchev–Trinajstić information content (AvgIpc) is 2.74. The molecular weight excluding hydrogens is 170 g/mol. The Morgan fingerprint density at radius 3 is 2.92 bits per heavy atom. The van der Waals surface area contributed by atoms with Crippen LogP contribution in [0.4, 0.5) is 0 Å². The van der Waals surface area contributed by atoms with Gasteiger partial charge < -0.3 is 9.84 Å². The van der Waals surface area contributed by atoms with Crippen molar-refractivity contribution in [3.8, 4) is 0 Å². The molecule has 5 heteroatoms. The van der Waals surface area contributed by atoms with Crippen molar-refractivity contribution in [1.29, 1.82) is 0 Å². The third-order valence-corrected chi connectivity index (χ3v) is 3.03. The lowest BCUT2D eigenvalue weighted by Gasteiger charge is -2.22. The van der Waals surface area contributed by atoms with Gasteiger partial charge in [0.15, 0.2) is 0 Å². The predicted octanol–water partition coefficient (Wildman–Crippen LogP) is 1.23. The Bertz CT molecular complexity index is 240. The topological polar surface area (TPSA) is 78.2 Å². The lowest BCUT2D eigenvalue weighted by Crippen LogP contribution is -2.30. The van der Waals surface area contributed by atoms with Crippen molar-refractivity contribution < 1.29 is 9.84 Å². The van der Waals surface area contributed by atoms with E-state index in [4.69, 9.17) is 15.4 Å². The van der Waals surface area contributed by atoms with Gasteiger partial charge in [-0.25, -0.2) is 0 Å². The zero-order chi connectivity index (χ0) is 9.26. The minimum Gasteiger partial charge on any atom is -0.396 e. The smallest absolute Gasteiger partial charge is 0.0659 e. The van der Waals surface area contributed by atoms with E-state index in [-0.39, 0.29) is 24.7 Å². The van der Waals surface area contributed by atoms with Gasteiger partial charge in [-0.2, -0.15) is 0 Å². The van der Waals surface area contributed by atoms with E-state index in [0.717, 1.165) is 19.3 Å². The third kappa shape index (κ3) is 1.50. The molecule has 2 saturated heterocycles. The van der Waals surface area contributed by atoms with Crippen molar-refractivity contribution in [1.82, 2.24) is 0 Å². The van der Waals surface area contributed by atoms with Crippen LogP contribution in [-0.4, -0.2) is 30.0 Å². The molecule has 2 rings (SSSR count). The van der Waals surface area contributed by atoms with Crippen molar-refractivity contribution >= 4 is 0 Å². The van der Waals surface area contributed by atoms with Gasteiger partial charge in [0.25, 0.3) is 0 Å². The van der Waals surface area contributed by atoms with Gasteiger partial charge in [-0.15, -0.1) is 0 Å². The highest BCUT2D eigenvalue weighted by atomic mass is 16.5. The highest BCUT2D eigenvalue weighted by molar-refractivity contribution is 4.95. The van der Waals surface area contributed by atoms with E-state index >= 15 is 0 Å². The zero-order valence-corrected chi connectivity index (χ0v) is 7.33. The molecule has 2 heterocycles. The molecule has 0 radical (unpaired) electrons. The molecule has 0 aromatic carbocycles. The van der Waals surface area contributed by atoms with Crippen molar-refractivity contribution in [2.24, 2.45) is 11.0 Å². The van der Waals surface area contributed by atoms with Gasteiger partial charge in [0.2, 0.25) is 0 Å². The second-order valence-electron chi connectivity index (χ2n) is 3.73. The molecule has 72 valence electrons. The number of fused-ring (bicyclic) bond motifs is 2. The summed E-state index contributed by atoms with van der Waals surface area (Å²) >= 11 is 0. The number of rotatable bonds is 3. The first-order chi connectivity index (χ1) is 6.35. The standard InChI is InChI=1S/C8H13N3O2/c9-11-10-7(4-12)6-3-5-1-2-8(6)13-5/h5-8,12H,1-4H2. The molecule has 4 unspecified atom stereocenters. The Morgan fingerprint density at radius 1 is 1.62 bits per heavy atom. The summed E-state index contributed by atoms with van der Waals surface area (Å²) in [6, 6.07) is -0.291. The molecular formula is C8H13N3O2. The summed E-state index contributed by atoms with van der Waals surface area (Å²) in [6.07, 6.45) is 3.67. The van der Waals surface area contributed by atoms with Crippen molar-refractivity contribution in [2.75, 3.05) is 6.61 Å². The highest BCUT2D eigenvalue weighted by Gasteiger charge is 2.43. The number of azide groups is 1. The molecule has 5 nitrogen and oxygen atoms in total. The highest BCUT2D eigenvalue weighted by Crippen LogP contribution is 2.41. The SMILES string of the molecule is [N-]=[N+]=NC(CO)C1CC2CCC1O2. The fraction of sp³-hybridized carbons (Fsp3) is 1.00. The van der Waals surface area contributed by atoms with Crippen LogP contribution in [0.3, 0.4) is 0 Å². The first-order valence-electron chi connectivity index (χ1n) is 4.65. The van der Waals surface area contributed by atoms with Crippen LogP contribution in [0.2, 0.25) is 0 Å². The normalized spacial score (nSPS) is 38.7. The molecule has 2 aliphatic heterocycles. The van der Waals surface area contributed by atoms with Gasteiger partial charge in [0.05, 0.1) is 24.9 Å². The van der Waals surface area contributed by atoms with Gasteiger partial charge in [-0.05, 0) is 30.7 Å². The van der Waals surface area contributed by atoms with Crippen molar-refractivity contribution in [2.45, 2.75) is 37.5 Å². The quantitative estimate of drug-likeness (QED) is 0.405. The predicted molar refractivity (Wildman–Crippen MR) is 46.0 cm³/mol. The summed E-state index contributed by atoms with van der Waals surface area (Å²) in [6.45, 7) is -0.0681. The molecule has 2 aliphatic rings. The summed E-state index contributed by atoms with van der Waals surface area (Å²) in [7, 11) is 0. The lowest BCUT2D eigenvalue weighted by atomic mass is 9.84. The number of aliphatic hydroxyl groups excluding tert-OH is 1. The molecule has 0 saturated carbocycles. The van der Waals surface area contributed by atoms with E-state index in [9.17, 15) is 0 Å². The van der Waals surface area contributed by atoms with E-state index in [2.05, 4.69) is 10.0 Å². The summed E-state index contributed by atoms with van der Waals surface area (Å²) in [5, 5.41) is 12.6. The maximum atomic E-state index is 9.03. The Morgan fingerprint density at radius 2 is 2.46 bits per heavy atom. The van der Waals surface area contributed by atoms with Crippen LogP contribution in [0.25, 0.3) is 10.4 Å². The van der Waals surface area contributed by atoms with E-state index in [1.807, 2.05) is 0 Å². The first kappa shape index (κ1) is 8.81. The summed E-state index contributed by atoms with van der Waals surface area (Å²) in [4.78, 5) is 2.74. The van der Waals surface area contributed by atoms with Crippen LogP contribution in [0.1, 0.15) is 19.3 Å². The van der Waals surface area contributed by atoms with E-state index in [1.165, 1.54) is 0 Å². The molecule has 13 heavy (non-hydrogen) atoms. The van der Waals surface area contributed by atoms with Crippen LogP contribution in [0.15, 0.2) is 5.11 Å². The summed E-state index contributed by atoms with van der Waals surface area (Å²) in [5.74, 6) is 0.236. The molecule has 0 aromatic rings. The first-order valence-corrected chi connectivity index (χ1v) is 4.65. The van der Waals surface area contributed by atoms with Crippen LogP contribution in [0.5, 0.6) is 0 Å². The molecule has 0 aliphatic carbocycles. The van der Waals surface area contributed by atoms with Crippen LogP contribution in [0, 0.1) is 5.92 Å². The van der Waals surface area contributed by atoms with Gasteiger partial charge in [-0.1, -0.05) is 5.11 Å². The van der Waals surface area contributed by atoms with Crippen molar-refractivity contribution in [3.63, 3.8) is 0 Å². The molecule has 1 N–H and O–H groups in total. The monoisotopic (exact) mass is 183 g/mol. The third-order valence-electron chi connectivity index (χ3n) is 3.03. The molecule has 0 aromatic heterocycles. The molecule has 0 amide bonds. The Balaban J connectivity index is 2.03. The van der Waals surface area contributed by atoms with Gasteiger partial charge >= 0.3 is 0 Å². The largest absolute Gasteiger partial charge is 0.396 e. The fourth-order valence-corrected chi connectivity index (χ4v) is 2.41. The number of hydrogen-bond acceptors (Lipinski definition) is 3. The minimum atomic E-state index is -0.291. The van der Waals surface area contributed by atoms with Crippen LogP contribution in [-0.2, 0) is 4.74 Å². The van der Waals surface area contributed by atoms with E-state index < -0.39 is 0 Å². The zero-order valence-electron chi connectivity index (χ0n) is 7.33. The molecule has 0 spiro atoms. The van der Waals surface area contributed by atoms with E-state index in [0.29, 0.717) is 6.10 Å². The Labute approximate surface area is 76.3 Å².